The average molecular weight is 452 g/mol. The molecule has 0 spiro atoms. The highest BCUT2D eigenvalue weighted by Crippen LogP contribution is 2.36. The second-order valence-corrected chi connectivity index (χ2v) is 9.90. The number of fused-ring (bicyclic) bond motifs is 1. The molecule has 1 amide bonds. The number of amides is 1. The molecule has 1 aliphatic heterocycles. The Balaban J connectivity index is 1.42. The maximum atomic E-state index is 13.3. The Morgan fingerprint density at radius 3 is 2.39 bits per heavy atom. The number of carbonyl (C=O) groups excluding carboxylic acids is 1. The summed E-state index contributed by atoms with van der Waals surface area (Å²) in [5.74, 6) is -0.580. The molecule has 1 N–H and O–H groups in total. The van der Waals surface area contributed by atoms with Gasteiger partial charge in [0.05, 0.1) is 10.5 Å². The maximum Gasteiger partial charge on any atom is 0.417 e. The van der Waals surface area contributed by atoms with Crippen LogP contribution in [0, 0.1) is 5.92 Å². The number of hydrogen-bond acceptors (Lipinski definition) is 3. The van der Waals surface area contributed by atoms with E-state index in [2.05, 4.69) is 5.32 Å². The number of halogens is 3. The maximum absolute atomic E-state index is 13.3. The van der Waals surface area contributed by atoms with Gasteiger partial charge in [-0.25, -0.2) is 8.42 Å². The summed E-state index contributed by atoms with van der Waals surface area (Å²) in [4.78, 5) is 11.9. The molecule has 0 bridgehead atoms. The number of alkyl halides is 3. The molecule has 31 heavy (non-hydrogen) atoms. The van der Waals surface area contributed by atoms with Gasteiger partial charge in [0.15, 0.2) is 0 Å². The quantitative estimate of drug-likeness (QED) is 0.755. The lowest BCUT2D eigenvalue weighted by Crippen LogP contribution is -2.41. The Bertz CT molecular complexity index is 1090. The molecule has 166 valence electrons. The van der Waals surface area contributed by atoms with E-state index in [1.807, 2.05) is 18.2 Å². The first-order chi connectivity index (χ1) is 14.7. The molecular weight excluding hydrogens is 429 g/mol. The number of sulfonamides is 1. The summed E-state index contributed by atoms with van der Waals surface area (Å²) >= 11 is 0. The summed E-state index contributed by atoms with van der Waals surface area (Å²) in [6.07, 6.45) is -1.11. The van der Waals surface area contributed by atoms with Gasteiger partial charge in [0, 0.05) is 24.7 Å². The predicted octanol–water partition coefficient (Wildman–Crippen LogP) is 4.23. The smallest absolute Gasteiger partial charge is 0.326 e. The van der Waals surface area contributed by atoms with Gasteiger partial charge < -0.3 is 5.32 Å². The van der Waals surface area contributed by atoms with Gasteiger partial charge in [0.1, 0.15) is 0 Å². The molecule has 0 aromatic heterocycles. The van der Waals surface area contributed by atoms with E-state index in [1.54, 1.807) is 0 Å². The van der Waals surface area contributed by atoms with Gasteiger partial charge in [-0.2, -0.15) is 17.5 Å². The summed E-state index contributed by atoms with van der Waals surface area (Å²) in [5.41, 5.74) is 2.09. The van der Waals surface area contributed by atoms with Crippen molar-refractivity contribution in [2.45, 2.75) is 43.2 Å². The van der Waals surface area contributed by atoms with Crippen molar-refractivity contribution < 1.29 is 26.4 Å². The summed E-state index contributed by atoms with van der Waals surface area (Å²) < 4.78 is 66.6. The van der Waals surface area contributed by atoms with E-state index in [9.17, 15) is 26.4 Å². The molecule has 9 heteroatoms. The molecule has 5 nitrogen and oxygen atoms in total. The fourth-order valence-corrected chi connectivity index (χ4v) is 6.00. The van der Waals surface area contributed by atoms with Crippen LogP contribution in [0.25, 0.3) is 0 Å². The topological polar surface area (TPSA) is 66.5 Å². The lowest BCUT2D eigenvalue weighted by atomic mass is 9.97. The Morgan fingerprint density at radius 2 is 1.68 bits per heavy atom. The Kier molecular flexibility index (Phi) is 5.83. The van der Waals surface area contributed by atoms with Crippen molar-refractivity contribution in [2.75, 3.05) is 18.4 Å². The molecule has 1 heterocycles. The first-order valence-corrected chi connectivity index (χ1v) is 11.7. The second-order valence-electron chi connectivity index (χ2n) is 8.00. The van der Waals surface area contributed by atoms with Crippen molar-refractivity contribution in [1.29, 1.82) is 0 Å². The molecule has 2 aromatic carbocycles. The van der Waals surface area contributed by atoms with Crippen molar-refractivity contribution in [3.8, 4) is 0 Å². The highest BCUT2D eigenvalue weighted by molar-refractivity contribution is 7.89. The van der Waals surface area contributed by atoms with Crippen LogP contribution in [0.1, 0.15) is 36.0 Å². The van der Waals surface area contributed by atoms with E-state index >= 15 is 0 Å². The summed E-state index contributed by atoms with van der Waals surface area (Å²) in [6.45, 7) is -0.00635. The lowest BCUT2D eigenvalue weighted by Gasteiger charge is -2.31. The van der Waals surface area contributed by atoms with Crippen LogP contribution in [-0.2, 0) is 33.8 Å². The third kappa shape index (κ3) is 4.48. The zero-order valence-electron chi connectivity index (χ0n) is 16.8. The van der Waals surface area contributed by atoms with Crippen LogP contribution in [-0.4, -0.2) is 31.7 Å². The van der Waals surface area contributed by atoms with E-state index in [-0.39, 0.29) is 31.8 Å². The Hall–Kier alpha value is -2.39. The Morgan fingerprint density at radius 1 is 1.00 bits per heavy atom. The molecule has 0 atom stereocenters. The van der Waals surface area contributed by atoms with Gasteiger partial charge in [-0.15, -0.1) is 0 Å². The third-order valence-electron chi connectivity index (χ3n) is 6.00. The summed E-state index contributed by atoms with van der Waals surface area (Å²) in [5, 5.41) is 2.90. The number of aryl methyl sites for hydroxylation is 2. The van der Waals surface area contributed by atoms with Crippen molar-refractivity contribution in [2.24, 2.45) is 5.92 Å². The number of carbonyl (C=O) groups is 1. The van der Waals surface area contributed by atoms with E-state index in [0.717, 1.165) is 47.5 Å². The zero-order valence-corrected chi connectivity index (χ0v) is 17.6. The first-order valence-electron chi connectivity index (χ1n) is 10.3. The minimum absolute atomic E-state index is 0.00318. The number of nitrogens with zero attached hydrogens (tertiary/aromatic N) is 1. The minimum atomic E-state index is -4.77. The molecule has 1 aliphatic carbocycles. The third-order valence-corrected chi connectivity index (χ3v) is 7.96. The first kappa shape index (κ1) is 21.8. The van der Waals surface area contributed by atoms with Crippen LogP contribution in [0.15, 0.2) is 47.4 Å². The summed E-state index contributed by atoms with van der Waals surface area (Å²) in [6, 6.07) is 10.1. The van der Waals surface area contributed by atoms with Crippen LogP contribution >= 0.6 is 0 Å². The number of benzene rings is 2. The average Bonchev–Trinajstić information content (AvgIpc) is 3.21. The minimum Gasteiger partial charge on any atom is -0.326 e. The highest BCUT2D eigenvalue weighted by Gasteiger charge is 2.40. The fraction of sp³-hybridized carbons (Fsp3) is 0.409. The number of rotatable bonds is 4. The van der Waals surface area contributed by atoms with Crippen LogP contribution in [0.4, 0.5) is 18.9 Å². The van der Waals surface area contributed by atoms with E-state index in [0.29, 0.717) is 0 Å². The largest absolute Gasteiger partial charge is 0.417 e. The molecule has 0 unspecified atom stereocenters. The van der Waals surface area contributed by atoms with Crippen molar-refractivity contribution in [3.05, 3.63) is 59.2 Å². The summed E-state index contributed by atoms with van der Waals surface area (Å²) in [7, 11) is -4.31. The molecule has 2 aromatic rings. The number of piperidine rings is 1. The molecule has 1 saturated heterocycles. The van der Waals surface area contributed by atoms with Crippen LogP contribution in [0.2, 0.25) is 0 Å². The van der Waals surface area contributed by atoms with Gasteiger partial charge >= 0.3 is 6.18 Å². The molecule has 1 fully saturated rings. The van der Waals surface area contributed by atoms with Gasteiger partial charge in [-0.05, 0) is 67.5 Å². The van der Waals surface area contributed by atoms with Gasteiger partial charge in [-0.3, -0.25) is 4.79 Å². The van der Waals surface area contributed by atoms with E-state index in [4.69, 9.17) is 0 Å². The number of hydrogen-bond donors (Lipinski definition) is 1. The Labute approximate surface area is 179 Å². The fourth-order valence-electron chi connectivity index (χ4n) is 4.32. The van der Waals surface area contributed by atoms with Gasteiger partial charge in [0.25, 0.3) is 0 Å². The SMILES string of the molecule is O=C(Nc1ccc2c(c1)CCC2)C1CCN(S(=O)(=O)c2ccccc2C(F)(F)F)CC1. The van der Waals surface area contributed by atoms with Crippen LogP contribution < -0.4 is 5.32 Å². The van der Waals surface area contributed by atoms with E-state index < -0.39 is 32.6 Å². The van der Waals surface area contributed by atoms with Gasteiger partial charge in [0.2, 0.25) is 15.9 Å². The number of nitrogens with one attached hydrogen (secondary N) is 1. The van der Waals surface area contributed by atoms with Crippen LogP contribution in [0.3, 0.4) is 0 Å². The van der Waals surface area contributed by atoms with Crippen molar-refractivity contribution in [3.63, 3.8) is 0 Å². The standard InChI is InChI=1S/C22H23F3N2O3S/c23-22(24,25)19-6-1-2-7-20(19)31(29,30)27-12-10-16(11-13-27)21(28)26-18-9-8-15-4-3-5-17(15)14-18/h1-2,6-9,14,16H,3-5,10-13H2,(H,26,28). The number of anilines is 1. The van der Waals surface area contributed by atoms with Crippen LogP contribution in [0.5, 0.6) is 0 Å². The van der Waals surface area contributed by atoms with E-state index in [1.165, 1.54) is 17.2 Å². The zero-order chi connectivity index (χ0) is 22.2. The normalized spacial score (nSPS) is 18.0. The highest BCUT2D eigenvalue weighted by atomic mass is 32.2. The van der Waals surface area contributed by atoms with Crippen molar-refractivity contribution in [1.82, 2.24) is 4.31 Å². The molecule has 0 radical (unpaired) electrons. The van der Waals surface area contributed by atoms with Gasteiger partial charge in [-0.1, -0.05) is 18.2 Å². The molecule has 0 saturated carbocycles. The lowest BCUT2D eigenvalue weighted by molar-refractivity contribution is -0.139. The van der Waals surface area contributed by atoms with Crippen molar-refractivity contribution >= 4 is 21.6 Å². The second kappa shape index (κ2) is 8.27. The molecular formula is C22H23F3N2O3S. The monoisotopic (exact) mass is 452 g/mol. The molecule has 2 aliphatic rings. The molecule has 4 rings (SSSR count). The predicted molar refractivity (Wildman–Crippen MR) is 110 cm³/mol.